The van der Waals surface area contributed by atoms with Crippen molar-refractivity contribution >= 4 is 5.78 Å². The number of ketones is 1. The zero-order valence-electron chi connectivity index (χ0n) is 13.8. The van der Waals surface area contributed by atoms with Gasteiger partial charge in [0.2, 0.25) is 0 Å². The van der Waals surface area contributed by atoms with E-state index in [0.29, 0.717) is 18.6 Å². The van der Waals surface area contributed by atoms with Crippen LogP contribution in [0.2, 0.25) is 0 Å². The Kier molecular flexibility index (Phi) is 3.13. The standard InChI is InChI=1S/C19H26FNO2/c1-18-5-3-11(22)7-10(18)8-15(23)16-12(18)4-6-19(2)13(16)9-14(20)17(19)21/h3,5,8,10,12-14,16-17,23H,4,6-7,9,21H2,1-2H3/t10-,12-,13-,14+,16+,17-,18-,19-/m0/s1. The van der Waals surface area contributed by atoms with Crippen LogP contribution in [0.15, 0.2) is 24.0 Å². The van der Waals surface area contributed by atoms with Crippen molar-refractivity contribution in [1.29, 1.82) is 0 Å². The first-order chi connectivity index (χ1) is 10.8. The van der Waals surface area contributed by atoms with Gasteiger partial charge in [0.25, 0.3) is 0 Å². The van der Waals surface area contributed by atoms with E-state index in [1.165, 1.54) is 0 Å². The highest BCUT2D eigenvalue weighted by Crippen LogP contribution is 2.64. The van der Waals surface area contributed by atoms with E-state index in [0.717, 1.165) is 12.8 Å². The van der Waals surface area contributed by atoms with Crippen LogP contribution in [0.5, 0.6) is 0 Å². The molecule has 0 saturated heterocycles. The molecule has 4 rings (SSSR count). The highest BCUT2D eigenvalue weighted by Gasteiger charge is 2.62. The molecule has 23 heavy (non-hydrogen) atoms. The van der Waals surface area contributed by atoms with Crippen LogP contribution in [0.25, 0.3) is 0 Å². The second-order valence-corrected chi connectivity index (χ2v) is 8.63. The van der Waals surface area contributed by atoms with Gasteiger partial charge < -0.3 is 10.8 Å². The highest BCUT2D eigenvalue weighted by molar-refractivity contribution is 5.91. The molecule has 0 radical (unpaired) electrons. The van der Waals surface area contributed by atoms with Crippen molar-refractivity contribution in [3.05, 3.63) is 24.0 Å². The Hall–Kier alpha value is -1.16. The number of aliphatic hydroxyl groups excluding tert-OH is 1. The molecule has 3 nitrogen and oxygen atoms in total. The van der Waals surface area contributed by atoms with Gasteiger partial charge in [0.15, 0.2) is 5.78 Å². The van der Waals surface area contributed by atoms with Gasteiger partial charge in [0, 0.05) is 18.4 Å². The van der Waals surface area contributed by atoms with Gasteiger partial charge in [-0.1, -0.05) is 19.9 Å². The summed E-state index contributed by atoms with van der Waals surface area (Å²) in [7, 11) is 0. The molecule has 0 aromatic rings. The van der Waals surface area contributed by atoms with Crippen molar-refractivity contribution in [2.75, 3.05) is 0 Å². The fourth-order valence-corrected chi connectivity index (χ4v) is 6.12. The molecule has 4 aliphatic carbocycles. The first kappa shape index (κ1) is 15.4. The van der Waals surface area contributed by atoms with Crippen LogP contribution >= 0.6 is 0 Å². The van der Waals surface area contributed by atoms with E-state index >= 15 is 0 Å². The SMILES string of the molecule is C[C@]12C=CC(=O)C[C@H]1C=C(O)[C@@H]1[C@@H]2CC[C@]2(C)[C@@H](N)[C@H](F)C[C@@H]12. The normalized spacial score (nSPS) is 55.0. The molecule has 4 aliphatic rings. The number of alkyl halides is 1. The third-order valence-corrected chi connectivity index (χ3v) is 7.70. The number of carbonyl (C=O) groups excluding carboxylic acids is 1. The maximum absolute atomic E-state index is 14.3. The molecule has 0 bridgehead atoms. The summed E-state index contributed by atoms with van der Waals surface area (Å²) in [6.07, 6.45) is 7.40. The average Bonchev–Trinajstić information content (AvgIpc) is 2.73. The minimum atomic E-state index is -0.981. The van der Waals surface area contributed by atoms with E-state index in [1.54, 1.807) is 6.08 Å². The van der Waals surface area contributed by atoms with Gasteiger partial charge in [0.1, 0.15) is 6.17 Å². The van der Waals surface area contributed by atoms with E-state index in [1.807, 2.05) is 6.08 Å². The van der Waals surface area contributed by atoms with E-state index in [9.17, 15) is 14.3 Å². The number of halogens is 1. The molecule has 2 fully saturated rings. The van der Waals surface area contributed by atoms with Crippen LogP contribution in [-0.4, -0.2) is 23.1 Å². The Bertz CT molecular complexity index is 614. The number of aliphatic hydroxyl groups is 1. The molecule has 126 valence electrons. The molecule has 0 unspecified atom stereocenters. The molecule has 4 heteroatoms. The zero-order valence-corrected chi connectivity index (χ0v) is 13.8. The Labute approximate surface area is 136 Å². The predicted octanol–water partition coefficient (Wildman–Crippen LogP) is 3.31. The highest BCUT2D eigenvalue weighted by atomic mass is 19.1. The topological polar surface area (TPSA) is 63.3 Å². The summed E-state index contributed by atoms with van der Waals surface area (Å²) >= 11 is 0. The Morgan fingerprint density at radius 2 is 2.09 bits per heavy atom. The molecule has 2 saturated carbocycles. The predicted molar refractivity (Wildman–Crippen MR) is 86.4 cm³/mol. The fourth-order valence-electron chi connectivity index (χ4n) is 6.12. The molecule has 3 N–H and O–H groups in total. The first-order valence-corrected chi connectivity index (χ1v) is 8.80. The van der Waals surface area contributed by atoms with Crippen LogP contribution in [0.4, 0.5) is 4.39 Å². The summed E-state index contributed by atoms with van der Waals surface area (Å²) in [4.78, 5) is 11.8. The van der Waals surface area contributed by atoms with E-state index < -0.39 is 12.2 Å². The summed E-state index contributed by atoms with van der Waals surface area (Å²) in [5.41, 5.74) is 5.83. The number of nitrogens with two attached hydrogens (primary N) is 1. The summed E-state index contributed by atoms with van der Waals surface area (Å²) < 4.78 is 14.3. The largest absolute Gasteiger partial charge is 0.512 e. The lowest BCUT2D eigenvalue weighted by Crippen LogP contribution is -2.54. The number of hydrogen-bond donors (Lipinski definition) is 2. The van der Waals surface area contributed by atoms with Gasteiger partial charge in [0.05, 0.1) is 5.76 Å². The van der Waals surface area contributed by atoms with Crippen LogP contribution in [-0.2, 0) is 4.79 Å². The Morgan fingerprint density at radius 1 is 1.35 bits per heavy atom. The molecule has 0 aromatic carbocycles. The lowest BCUT2D eigenvalue weighted by molar-refractivity contribution is -0.118. The first-order valence-electron chi connectivity index (χ1n) is 8.80. The molecule has 0 aromatic heterocycles. The molecule has 0 amide bonds. The summed E-state index contributed by atoms with van der Waals surface area (Å²) in [6, 6.07) is -0.435. The van der Waals surface area contributed by atoms with Gasteiger partial charge in [-0.2, -0.15) is 0 Å². The summed E-state index contributed by atoms with van der Waals surface area (Å²) in [5.74, 6) is 0.880. The molecule has 8 atom stereocenters. The van der Waals surface area contributed by atoms with Gasteiger partial charge in [-0.25, -0.2) is 4.39 Å². The zero-order chi connectivity index (χ0) is 16.6. The lowest BCUT2D eigenvalue weighted by atomic mass is 9.48. The van der Waals surface area contributed by atoms with E-state index in [-0.39, 0.29) is 40.3 Å². The van der Waals surface area contributed by atoms with Gasteiger partial charge >= 0.3 is 0 Å². The average molecular weight is 319 g/mol. The molecule has 0 spiro atoms. The van der Waals surface area contributed by atoms with Gasteiger partial charge in [-0.05, 0) is 60.0 Å². The van der Waals surface area contributed by atoms with Crippen molar-refractivity contribution < 1.29 is 14.3 Å². The molecule has 0 aliphatic heterocycles. The monoisotopic (exact) mass is 319 g/mol. The quantitative estimate of drug-likeness (QED) is 0.720. The maximum atomic E-state index is 14.3. The second kappa shape index (κ2) is 4.69. The number of allylic oxidation sites excluding steroid dienone is 4. The Morgan fingerprint density at radius 3 is 2.83 bits per heavy atom. The maximum Gasteiger partial charge on any atom is 0.156 e. The number of rotatable bonds is 0. The van der Waals surface area contributed by atoms with E-state index in [2.05, 4.69) is 19.9 Å². The molecular formula is C19H26FNO2. The third kappa shape index (κ3) is 1.87. The van der Waals surface area contributed by atoms with Gasteiger partial charge in [-0.3, -0.25) is 4.79 Å². The smallest absolute Gasteiger partial charge is 0.156 e. The van der Waals surface area contributed by atoms with Crippen LogP contribution in [0.1, 0.15) is 39.5 Å². The van der Waals surface area contributed by atoms with Crippen molar-refractivity contribution in [3.63, 3.8) is 0 Å². The van der Waals surface area contributed by atoms with Gasteiger partial charge in [-0.15, -0.1) is 0 Å². The second-order valence-electron chi connectivity index (χ2n) is 8.63. The number of fused-ring (bicyclic) bond motifs is 5. The molecular weight excluding hydrogens is 293 g/mol. The number of carbonyl (C=O) groups is 1. The lowest BCUT2D eigenvalue weighted by Gasteiger charge is -2.56. The minimum Gasteiger partial charge on any atom is -0.512 e. The fraction of sp³-hybridized carbons (Fsp3) is 0.737. The van der Waals surface area contributed by atoms with Crippen molar-refractivity contribution in [1.82, 2.24) is 0 Å². The number of hydrogen-bond acceptors (Lipinski definition) is 3. The van der Waals surface area contributed by atoms with Crippen molar-refractivity contribution in [2.24, 2.45) is 40.2 Å². The Balaban J connectivity index is 1.78. The van der Waals surface area contributed by atoms with Crippen molar-refractivity contribution in [3.8, 4) is 0 Å². The third-order valence-electron chi connectivity index (χ3n) is 7.70. The van der Waals surface area contributed by atoms with E-state index in [4.69, 9.17) is 5.73 Å². The van der Waals surface area contributed by atoms with Crippen LogP contribution < -0.4 is 5.73 Å². The van der Waals surface area contributed by atoms with Crippen molar-refractivity contribution in [2.45, 2.75) is 51.7 Å². The summed E-state index contributed by atoms with van der Waals surface area (Å²) in [5, 5.41) is 10.7. The minimum absolute atomic E-state index is 0.0281. The molecule has 0 heterocycles. The van der Waals surface area contributed by atoms with Crippen LogP contribution in [0.3, 0.4) is 0 Å². The van der Waals surface area contributed by atoms with Crippen LogP contribution in [0, 0.1) is 34.5 Å². The summed E-state index contributed by atoms with van der Waals surface area (Å²) in [6.45, 7) is 4.30.